The first-order valence-corrected chi connectivity index (χ1v) is 10.7. The second kappa shape index (κ2) is 10.7. The number of carbonyl (C=O) groups excluding carboxylic acids is 1. The first kappa shape index (κ1) is 20.2. The van der Waals surface area contributed by atoms with Crippen LogP contribution in [0.4, 0.5) is 10.8 Å². The van der Waals surface area contributed by atoms with Crippen LogP contribution < -0.4 is 15.4 Å². The van der Waals surface area contributed by atoms with Crippen molar-refractivity contribution in [3.8, 4) is 5.75 Å². The second-order valence-corrected chi connectivity index (χ2v) is 8.13. The monoisotopic (exact) mass is 414 g/mol. The fourth-order valence-corrected chi connectivity index (χ4v) is 4.12. The Bertz CT molecular complexity index is 887. The van der Waals surface area contributed by atoms with E-state index in [-0.39, 0.29) is 5.91 Å². The standard InChI is InChI=1S/C20H22N4O2S2/c1-26-17-12-6-5-11-16(17)22-19-23-24-20(28-19)27-14-18(25)21-13-7-10-15-8-3-2-4-9-15/h2-6,8-9,11-12H,7,10,13-14H2,1H3,(H,21,25)(H,22,23). The van der Waals surface area contributed by atoms with E-state index in [1.807, 2.05) is 42.5 Å². The quantitative estimate of drug-likeness (QED) is 0.384. The number of nitrogens with zero attached hydrogens (tertiary/aromatic N) is 2. The zero-order chi connectivity index (χ0) is 19.6. The zero-order valence-electron chi connectivity index (χ0n) is 15.6. The van der Waals surface area contributed by atoms with Gasteiger partial charge < -0.3 is 15.4 Å². The molecule has 3 aromatic rings. The lowest BCUT2D eigenvalue weighted by Gasteiger charge is -2.07. The molecule has 28 heavy (non-hydrogen) atoms. The molecule has 0 aliphatic rings. The normalized spacial score (nSPS) is 10.5. The molecule has 0 aliphatic heterocycles. The van der Waals surface area contributed by atoms with Crippen molar-refractivity contribution in [1.82, 2.24) is 15.5 Å². The van der Waals surface area contributed by atoms with Crippen LogP contribution in [0.25, 0.3) is 0 Å². The van der Waals surface area contributed by atoms with Crippen LogP contribution in [-0.2, 0) is 11.2 Å². The lowest BCUT2D eigenvalue weighted by molar-refractivity contribution is -0.118. The molecule has 0 radical (unpaired) electrons. The lowest BCUT2D eigenvalue weighted by atomic mass is 10.1. The fourth-order valence-electron chi connectivity index (χ4n) is 2.53. The number of amides is 1. The van der Waals surface area contributed by atoms with E-state index in [0.717, 1.165) is 28.6 Å². The summed E-state index contributed by atoms with van der Waals surface area (Å²) in [6.07, 6.45) is 1.88. The van der Waals surface area contributed by atoms with Gasteiger partial charge in [-0.05, 0) is 30.5 Å². The SMILES string of the molecule is COc1ccccc1Nc1nnc(SCC(=O)NCCCc2ccccc2)s1. The number of rotatable bonds is 10. The van der Waals surface area contributed by atoms with Crippen molar-refractivity contribution in [3.63, 3.8) is 0 Å². The van der Waals surface area contributed by atoms with Gasteiger partial charge in [-0.2, -0.15) is 0 Å². The summed E-state index contributed by atoms with van der Waals surface area (Å²) < 4.78 is 6.06. The maximum absolute atomic E-state index is 12.0. The summed E-state index contributed by atoms with van der Waals surface area (Å²) in [6.45, 7) is 0.672. The van der Waals surface area contributed by atoms with Gasteiger partial charge in [0, 0.05) is 6.54 Å². The van der Waals surface area contributed by atoms with Gasteiger partial charge in [-0.25, -0.2) is 0 Å². The number of hydrogen-bond donors (Lipinski definition) is 2. The maximum atomic E-state index is 12.0. The minimum Gasteiger partial charge on any atom is -0.495 e. The third kappa shape index (κ3) is 6.24. The number of hydrogen-bond acceptors (Lipinski definition) is 7. The summed E-state index contributed by atoms with van der Waals surface area (Å²) in [6, 6.07) is 17.9. The molecule has 1 amide bonds. The molecule has 0 unspecified atom stereocenters. The van der Waals surface area contributed by atoms with Crippen LogP contribution in [0.2, 0.25) is 0 Å². The Hall–Kier alpha value is -2.58. The van der Waals surface area contributed by atoms with Gasteiger partial charge in [0.15, 0.2) is 4.34 Å². The summed E-state index contributed by atoms with van der Waals surface area (Å²) in [4.78, 5) is 12.0. The van der Waals surface area contributed by atoms with E-state index < -0.39 is 0 Å². The molecule has 2 N–H and O–H groups in total. The predicted octanol–water partition coefficient (Wildman–Crippen LogP) is 4.13. The maximum Gasteiger partial charge on any atom is 0.230 e. The van der Waals surface area contributed by atoms with Crippen LogP contribution in [0.5, 0.6) is 5.75 Å². The highest BCUT2D eigenvalue weighted by atomic mass is 32.2. The first-order valence-electron chi connectivity index (χ1n) is 8.91. The number of thioether (sulfide) groups is 1. The largest absolute Gasteiger partial charge is 0.495 e. The van der Waals surface area contributed by atoms with Crippen molar-refractivity contribution in [2.75, 3.05) is 24.7 Å². The molecule has 0 aliphatic carbocycles. The molecule has 8 heteroatoms. The minimum atomic E-state index is 0.00694. The third-order valence-electron chi connectivity index (χ3n) is 3.89. The Morgan fingerprint density at radius 3 is 2.71 bits per heavy atom. The molecule has 0 saturated carbocycles. The number of aryl methyl sites for hydroxylation is 1. The van der Waals surface area contributed by atoms with Crippen LogP contribution in [0.1, 0.15) is 12.0 Å². The van der Waals surface area contributed by atoms with Gasteiger partial charge in [-0.1, -0.05) is 65.6 Å². The molecule has 0 atom stereocenters. The smallest absolute Gasteiger partial charge is 0.230 e. The number of nitrogens with one attached hydrogen (secondary N) is 2. The minimum absolute atomic E-state index is 0.00694. The van der Waals surface area contributed by atoms with Crippen molar-refractivity contribution in [2.45, 2.75) is 17.2 Å². The number of methoxy groups -OCH3 is 1. The van der Waals surface area contributed by atoms with E-state index in [9.17, 15) is 4.79 Å². The van der Waals surface area contributed by atoms with E-state index in [4.69, 9.17) is 4.74 Å². The number of aromatic nitrogens is 2. The van der Waals surface area contributed by atoms with Gasteiger partial charge in [-0.3, -0.25) is 4.79 Å². The van der Waals surface area contributed by atoms with Crippen molar-refractivity contribution < 1.29 is 9.53 Å². The van der Waals surface area contributed by atoms with Gasteiger partial charge in [0.25, 0.3) is 0 Å². The zero-order valence-corrected chi connectivity index (χ0v) is 17.2. The van der Waals surface area contributed by atoms with Crippen LogP contribution in [0, 0.1) is 0 Å². The molecule has 1 aromatic heterocycles. The van der Waals surface area contributed by atoms with Gasteiger partial charge >= 0.3 is 0 Å². The third-order valence-corrected chi connectivity index (χ3v) is 5.86. The van der Waals surface area contributed by atoms with Gasteiger partial charge in [0.1, 0.15) is 5.75 Å². The number of para-hydroxylation sites is 2. The van der Waals surface area contributed by atoms with E-state index in [2.05, 4.69) is 33.0 Å². The Morgan fingerprint density at radius 1 is 1.11 bits per heavy atom. The van der Waals surface area contributed by atoms with E-state index in [1.165, 1.54) is 28.7 Å². The molecule has 146 valence electrons. The predicted molar refractivity (Wildman–Crippen MR) is 115 cm³/mol. The van der Waals surface area contributed by atoms with Crippen LogP contribution in [0.3, 0.4) is 0 Å². The molecule has 1 heterocycles. The van der Waals surface area contributed by atoms with Crippen LogP contribution in [0.15, 0.2) is 58.9 Å². The summed E-state index contributed by atoms with van der Waals surface area (Å²) in [5.74, 6) is 1.07. The Balaban J connectivity index is 1.38. The summed E-state index contributed by atoms with van der Waals surface area (Å²) in [5.41, 5.74) is 2.11. The molecule has 0 fully saturated rings. The summed E-state index contributed by atoms with van der Waals surface area (Å²) in [7, 11) is 1.63. The molecular formula is C20H22N4O2S2. The highest BCUT2D eigenvalue weighted by Gasteiger charge is 2.10. The van der Waals surface area contributed by atoms with Crippen LogP contribution >= 0.6 is 23.1 Å². The highest BCUT2D eigenvalue weighted by molar-refractivity contribution is 8.01. The van der Waals surface area contributed by atoms with Gasteiger partial charge in [0.05, 0.1) is 18.6 Å². The summed E-state index contributed by atoms with van der Waals surface area (Å²) in [5, 5.41) is 15.1. The van der Waals surface area contributed by atoms with Crippen molar-refractivity contribution in [2.24, 2.45) is 0 Å². The van der Waals surface area contributed by atoms with Crippen LogP contribution in [-0.4, -0.2) is 35.5 Å². The number of carbonyl (C=O) groups is 1. The second-order valence-electron chi connectivity index (χ2n) is 5.93. The molecule has 6 nitrogen and oxygen atoms in total. The number of benzene rings is 2. The lowest BCUT2D eigenvalue weighted by Crippen LogP contribution is -2.26. The van der Waals surface area contributed by atoms with Crippen molar-refractivity contribution in [1.29, 1.82) is 0 Å². The first-order chi connectivity index (χ1) is 13.7. The average molecular weight is 415 g/mol. The van der Waals surface area contributed by atoms with Crippen molar-refractivity contribution >= 4 is 39.8 Å². The summed E-state index contributed by atoms with van der Waals surface area (Å²) >= 11 is 2.79. The Labute approximate surface area is 172 Å². The Kier molecular flexibility index (Phi) is 7.69. The molecule has 2 aromatic carbocycles. The number of anilines is 2. The highest BCUT2D eigenvalue weighted by Crippen LogP contribution is 2.31. The molecule has 0 saturated heterocycles. The van der Waals surface area contributed by atoms with Crippen molar-refractivity contribution in [3.05, 3.63) is 60.2 Å². The number of ether oxygens (including phenoxy) is 1. The topological polar surface area (TPSA) is 76.1 Å². The van der Waals surface area contributed by atoms with E-state index >= 15 is 0 Å². The molecule has 0 bridgehead atoms. The molecular weight excluding hydrogens is 392 g/mol. The molecule has 0 spiro atoms. The Morgan fingerprint density at radius 2 is 1.89 bits per heavy atom. The molecule has 3 rings (SSSR count). The average Bonchev–Trinajstić information content (AvgIpc) is 3.18. The van der Waals surface area contributed by atoms with E-state index in [1.54, 1.807) is 7.11 Å². The van der Waals surface area contributed by atoms with E-state index in [0.29, 0.717) is 17.4 Å². The van der Waals surface area contributed by atoms with Gasteiger partial charge in [-0.15, -0.1) is 10.2 Å². The fraction of sp³-hybridized carbons (Fsp3) is 0.250. The van der Waals surface area contributed by atoms with Gasteiger partial charge in [0.2, 0.25) is 11.0 Å².